The van der Waals surface area contributed by atoms with Gasteiger partial charge in [-0.1, -0.05) is 0 Å². The normalized spacial score (nSPS) is 31.2. The standard InChI is InChI=1S/C9H12BrN3O/c10-6-3-12-8(13-4-6)9(5-11)1-7(14)2-9/h3-4,7,14H,1-2,5,11H2. The van der Waals surface area contributed by atoms with E-state index in [9.17, 15) is 5.11 Å². The molecular weight excluding hydrogens is 246 g/mol. The lowest BCUT2D eigenvalue weighted by Gasteiger charge is -2.43. The predicted molar refractivity (Wildman–Crippen MR) is 55.7 cm³/mol. The second-order valence-electron chi connectivity index (χ2n) is 3.77. The number of hydrogen-bond donors (Lipinski definition) is 2. The predicted octanol–water partition coefficient (Wildman–Crippen LogP) is 0.590. The lowest BCUT2D eigenvalue weighted by atomic mass is 9.66. The Morgan fingerprint density at radius 3 is 2.50 bits per heavy atom. The molecule has 0 spiro atoms. The Kier molecular flexibility index (Phi) is 2.55. The SMILES string of the molecule is NCC1(c2ncc(Br)cn2)CC(O)C1. The molecule has 0 atom stereocenters. The summed E-state index contributed by atoms with van der Waals surface area (Å²) in [5.74, 6) is 0.744. The summed E-state index contributed by atoms with van der Waals surface area (Å²) in [4.78, 5) is 8.46. The first-order chi connectivity index (χ1) is 6.66. The summed E-state index contributed by atoms with van der Waals surface area (Å²) in [5, 5.41) is 9.31. The van der Waals surface area contributed by atoms with Crippen LogP contribution in [0.2, 0.25) is 0 Å². The Morgan fingerprint density at radius 1 is 1.50 bits per heavy atom. The third-order valence-electron chi connectivity index (χ3n) is 2.74. The van der Waals surface area contributed by atoms with Crippen molar-refractivity contribution in [3.63, 3.8) is 0 Å². The van der Waals surface area contributed by atoms with Gasteiger partial charge in [-0.25, -0.2) is 9.97 Å². The number of aliphatic hydroxyl groups excluding tert-OH is 1. The zero-order chi connectivity index (χ0) is 10.2. The topological polar surface area (TPSA) is 72.0 Å². The second-order valence-corrected chi connectivity index (χ2v) is 4.69. The minimum atomic E-state index is -0.245. The van der Waals surface area contributed by atoms with Crippen molar-refractivity contribution in [2.45, 2.75) is 24.4 Å². The van der Waals surface area contributed by atoms with Crippen molar-refractivity contribution in [2.24, 2.45) is 5.73 Å². The largest absolute Gasteiger partial charge is 0.393 e. The van der Waals surface area contributed by atoms with Crippen LogP contribution < -0.4 is 5.73 Å². The van der Waals surface area contributed by atoms with E-state index in [1.54, 1.807) is 12.4 Å². The number of nitrogens with two attached hydrogens (primary N) is 1. The fourth-order valence-corrected chi connectivity index (χ4v) is 2.07. The maximum absolute atomic E-state index is 9.31. The number of hydrogen-bond acceptors (Lipinski definition) is 4. The Labute approximate surface area is 90.7 Å². The Hall–Kier alpha value is -0.520. The van der Waals surface area contributed by atoms with E-state index >= 15 is 0 Å². The molecule has 1 aliphatic rings. The zero-order valence-corrected chi connectivity index (χ0v) is 9.24. The molecule has 2 rings (SSSR count). The molecule has 5 heteroatoms. The Bertz CT molecular complexity index is 321. The molecule has 4 nitrogen and oxygen atoms in total. The molecule has 1 aromatic heterocycles. The number of aliphatic hydroxyl groups is 1. The van der Waals surface area contributed by atoms with Crippen LogP contribution in [0.3, 0.4) is 0 Å². The van der Waals surface area contributed by atoms with E-state index in [2.05, 4.69) is 25.9 Å². The molecule has 1 saturated carbocycles. The second kappa shape index (κ2) is 3.56. The first kappa shape index (κ1) is 10.0. The van der Waals surface area contributed by atoms with Gasteiger partial charge in [0.05, 0.1) is 10.6 Å². The molecule has 0 aromatic carbocycles. The maximum atomic E-state index is 9.31. The van der Waals surface area contributed by atoms with Crippen LogP contribution in [0.25, 0.3) is 0 Å². The summed E-state index contributed by atoms with van der Waals surface area (Å²) in [5.41, 5.74) is 5.50. The summed E-state index contributed by atoms with van der Waals surface area (Å²) >= 11 is 3.28. The van der Waals surface area contributed by atoms with Crippen molar-refractivity contribution in [3.8, 4) is 0 Å². The quantitative estimate of drug-likeness (QED) is 0.814. The van der Waals surface area contributed by atoms with Crippen LogP contribution in [0.1, 0.15) is 18.7 Å². The molecule has 3 N–H and O–H groups in total. The van der Waals surface area contributed by atoms with Crippen molar-refractivity contribution >= 4 is 15.9 Å². The van der Waals surface area contributed by atoms with Gasteiger partial charge in [-0.2, -0.15) is 0 Å². The molecule has 0 saturated heterocycles. The van der Waals surface area contributed by atoms with Crippen LogP contribution in [-0.4, -0.2) is 27.7 Å². The van der Waals surface area contributed by atoms with E-state index in [0.29, 0.717) is 19.4 Å². The van der Waals surface area contributed by atoms with Gasteiger partial charge >= 0.3 is 0 Å². The average Bonchev–Trinajstić information content (AvgIpc) is 2.14. The smallest absolute Gasteiger partial charge is 0.135 e. The zero-order valence-electron chi connectivity index (χ0n) is 7.65. The van der Waals surface area contributed by atoms with Crippen LogP contribution in [0.4, 0.5) is 0 Å². The van der Waals surface area contributed by atoms with Gasteiger partial charge in [-0.3, -0.25) is 0 Å². The minimum absolute atomic E-state index is 0.194. The van der Waals surface area contributed by atoms with Crippen LogP contribution in [0, 0.1) is 0 Å². The van der Waals surface area contributed by atoms with Crippen LogP contribution in [0.5, 0.6) is 0 Å². The van der Waals surface area contributed by atoms with Crippen molar-refractivity contribution in [3.05, 3.63) is 22.7 Å². The van der Waals surface area contributed by atoms with Crippen molar-refractivity contribution < 1.29 is 5.11 Å². The van der Waals surface area contributed by atoms with Crippen molar-refractivity contribution in [2.75, 3.05) is 6.54 Å². The number of rotatable bonds is 2. The molecule has 0 radical (unpaired) electrons. The van der Waals surface area contributed by atoms with Gasteiger partial charge in [-0.05, 0) is 28.8 Å². The average molecular weight is 258 g/mol. The molecule has 1 heterocycles. The van der Waals surface area contributed by atoms with Crippen molar-refractivity contribution in [1.82, 2.24) is 9.97 Å². The van der Waals surface area contributed by atoms with Gasteiger partial charge in [0, 0.05) is 24.4 Å². The highest BCUT2D eigenvalue weighted by atomic mass is 79.9. The fraction of sp³-hybridized carbons (Fsp3) is 0.556. The van der Waals surface area contributed by atoms with Crippen LogP contribution in [-0.2, 0) is 5.41 Å². The molecule has 14 heavy (non-hydrogen) atoms. The number of aromatic nitrogens is 2. The molecule has 1 fully saturated rings. The van der Waals surface area contributed by atoms with E-state index < -0.39 is 0 Å². The van der Waals surface area contributed by atoms with Crippen LogP contribution >= 0.6 is 15.9 Å². The van der Waals surface area contributed by atoms with E-state index in [1.807, 2.05) is 0 Å². The third-order valence-corrected chi connectivity index (χ3v) is 3.15. The molecule has 0 bridgehead atoms. The highest BCUT2D eigenvalue weighted by molar-refractivity contribution is 9.10. The minimum Gasteiger partial charge on any atom is -0.393 e. The molecule has 1 aliphatic carbocycles. The summed E-state index contributed by atoms with van der Waals surface area (Å²) < 4.78 is 0.855. The van der Waals surface area contributed by atoms with E-state index in [1.165, 1.54) is 0 Å². The van der Waals surface area contributed by atoms with Crippen molar-refractivity contribution in [1.29, 1.82) is 0 Å². The summed E-state index contributed by atoms with van der Waals surface area (Å²) in [6.45, 7) is 0.492. The number of nitrogens with zero attached hydrogens (tertiary/aromatic N) is 2. The first-order valence-electron chi connectivity index (χ1n) is 4.52. The number of halogens is 1. The van der Waals surface area contributed by atoms with Crippen LogP contribution in [0.15, 0.2) is 16.9 Å². The highest BCUT2D eigenvalue weighted by Gasteiger charge is 2.46. The third kappa shape index (κ3) is 1.55. The van der Waals surface area contributed by atoms with E-state index in [-0.39, 0.29) is 11.5 Å². The summed E-state index contributed by atoms with van der Waals surface area (Å²) in [6.07, 6.45) is 4.52. The molecular formula is C9H12BrN3O. The first-order valence-corrected chi connectivity index (χ1v) is 5.32. The van der Waals surface area contributed by atoms with Gasteiger partial charge in [0.2, 0.25) is 0 Å². The van der Waals surface area contributed by atoms with E-state index in [4.69, 9.17) is 5.73 Å². The lowest BCUT2D eigenvalue weighted by Crippen LogP contribution is -2.50. The monoisotopic (exact) mass is 257 g/mol. The van der Waals surface area contributed by atoms with Gasteiger partial charge in [-0.15, -0.1) is 0 Å². The molecule has 0 amide bonds. The lowest BCUT2D eigenvalue weighted by molar-refractivity contribution is 0.0177. The molecule has 0 aliphatic heterocycles. The molecule has 76 valence electrons. The maximum Gasteiger partial charge on any atom is 0.135 e. The Morgan fingerprint density at radius 2 is 2.07 bits per heavy atom. The molecule has 0 unspecified atom stereocenters. The Balaban J connectivity index is 2.25. The highest BCUT2D eigenvalue weighted by Crippen LogP contribution is 2.41. The van der Waals surface area contributed by atoms with E-state index in [0.717, 1.165) is 10.3 Å². The van der Waals surface area contributed by atoms with Gasteiger partial charge in [0.1, 0.15) is 5.82 Å². The van der Waals surface area contributed by atoms with Gasteiger partial charge < -0.3 is 10.8 Å². The van der Waals surface area contributed by atoms with Gasteiger partial charge in [0.15, 0.2) is 0 Å². The summed E-state index contributed by atoms with van der Waals surface area (Å²) in [6, 6.07) is 0. The molecule has 1 aromatic rings. The summed E-state index contributed by atoms with van der Waals surface area (Å²) in [7, 11) is 0. The fourth-order valence-electron chi connectivity index (χ4n) is 1.87. The van der Waals surface area contributed by atoms with Gasteiger partial charge in [0.25, 0.3) is 0 Å².